The summed E-state index contributed by atoms with van der Waals surface area (Å²) >= 11 is 1.43. The van der Waals surface area contributed by atoms with Crippen molar-refractivity contribution in [1.82, 2.24) is 0 Å². The summed E-state index contributed by atoms with van der Waals surface area (Å²) in [7, 11) is -3.62. The molecule has 0 atom stereocenters. The zero-order valence-corrected chi connectivity index (χ0v) is 17.3. The van der Waals surface area contributed by atoms with Gasteiger partial charge in [-0.2, -0.15) is 0 Å². The van der Waals surface area contributed by atoms with Gasteiger partial charge < -0.3 is 0 Å². The number of sulfonamides is 1. The van der Waals surface area contributed by atoms with Gasteiger partial charge in [0.25, 0.3) is 10.0 Å². The third-order valence-electron chi connectivity index (χ3n) is 4.18. The Bertz CT molecular complexity index is 1060. The molecule has 0 unspecified atom stereocenters. The second-order valence-corrected chi connectivity index (χ2v) is 9.25. The van der Waals surface area contributed by atoms with Gasteiger partial charge in [-0.25, -0.2) is 8.42 Å². The SMILES string of the molecule is Cc1ccc(C(=O)CSc2ccc(NS(=O)(=O)c3ccc(C)cc3)cc2)cc1. The Labute approximate surface area is 170 Å². The number of carbonyl (C=O) groups is 1. The van der Waals surface area contributed by atoms with Crippen molar-refractivity contribution >= 4 is 33.3 Å². The number of benzene rings is 3. The number of aryl methyl sites for hydroxylation is 2. The van der Waals surface area contributed by atoms with Gasteiger partial charge in [0, 0.05) is 16.1 Å². The number of carbonyl (C=O) groups excluding carboxylic acids is 1. The van der Waals surface area contributed by atoms with E-state index >= 15 is 0 Å². The van der Waals surface area contributed by atoms with Crippen LogP contribution >= 0.6 is 11.8 Å². The summed E-state index contributed by atoms with van der Waals surface area (Å²) in [5.74, 6) is 0.395. The topological polar surface area (TPSA) is 63.2 Å². The first-order valence-electron chi connectivity index (χ1n) is 8.76. The number of thioether (sulfide) groups is 1. The van der Waals surface area contributed by atoms with Gasteiger partial charge in [-0.3, -0.25) is 9.52 Å². The van der Waals surface area contributed by atoms with Crippen LogP contribution in [0.2, 0.25) is 0 Å². The molecule has 1 N–H and O–H groups in total. The first kappa shape index (κ1) is 20.2. The Balaban J connectivity index is 1.61. The van der Waals surface area contributed by atoms with Gasteiger partial charge in [-0.1, -0.05) is 47.5 Å². The average Bonchev–Trinajstić information content (AvgIpc) is 2.68. The summed E-state index contributed by atoms with van der Waals surface area (Å²) in [6, 6.07) is 21.2. The number of Topliss-reactive ketones (excluding diaryl/α,β-unsaturated/α-hetero) is 1. The monoisotopic (exact) mass is 411 g/mol. The molecule has 28 heavy (non-hydrogen) atoms. The molecule has 0 aliphatic carbocycles. The number of ketones is 1. The first-order chi connectivity index (χ1) is 13.3. The van der Waals surface area contributed by atoms with Crippen LogP contribution in [-0.2, 0) is 10.0 Å². The van der Waals surface area contributed by atoms with Crippen LogP contribution in [-0.4, -0.2) is 20.0 Å². The maximum Gasteiger partial charge on any atom is 0.261 e. The molecule has 0 radical (unpaired) electrons. The molecule has 0 aliphatic rings. The zero-order chi connectivity index (χ0) is 20.1. The van der Waals surface area contributed by atoms with Crippen molar-refractivity contribution in [2.75, 3.05) is 10.5 Å². The standard InChI is InChI=1S/C22H21NO3S2/c1-16-3-7-18(8-4-16)22(24)15-27-20-11-9-19(10-12-20)23-28(25,26)21-13-5-17(2)6-14-21/h3-14,23H,15H2,1-2H3. The predicted molar refractivity (Wildman–Crippen MR) is 115 cm³/mol. The molecule has 0 aromatic heterocycles. The van der Waals surface area contributed by atoms with E-state index in [1.807, 2.05) is 38.1 Å². The Hall–Kier alpha value is -2.57. The van der Waals surface area contributed by atoms with Gasteiger partial charge in [0.05, 0.1) is 10.6 Å². The summed E-state index contributed by atoms with van der Waals surface area (Å²) in [6.45, 7) is 3.89. The van der Waals surface area contributed by atoms with Crippen molar-refractivity contribution in [3.05, 3.63) is 89.5 Å². The normalized spacial score (nSPS) is 11.2. The smallest absolute Gasteiger partial charge is 0.261 e. The molecule has 0 aliphatic heterocycles. The number of rotatable bonds is 7. The van der Waals surface area contributed by atoms with E-state index in [1.54, 1.807) is 48.5 Å². The van der Waals surface area contributed by atoms with Crippen molar-refractivity contribution in [2.45, 2.75) is 23.6 Å². The minimum atomic E-state index is -3.62. The summed E-state index contributed by atoms with van der Waals surface area (Å²) < 4.78 is 27.4. The van der Waals surface area contributed by atoms with Gasteiger partial charge >= 0.3 is 0 Å². The lowest BCUT2D eigenvalue weighted by Gasteiger charge is -2.09. The summed E-state index contributed by atoms with van der Waals surface area (Å²) in [5, 5.41) is 0. The van der Waals surface area contributed by atoms with Gasteiger partial charge in [-0.05, 0) is 50.2 Å². The molecule has 0 heterocycles. The highest BCUT2D eigenvalue weighted by Gasteiger charge is 2.14. The van der Waals surface area contributed by atoms with Gasteiger partial charge in [0.1, 0.15) is 0 Å². The second kappa shape index (κ2) is 8.63. The van der Waals surface area contributed by atoms with E-state index in [0.29, 0.717) is 17.0 Å². The molecule has 0 bridgehead atoms. The molecule has 3 aromatic rings. The van der Waals surface area contributed by atoms with Crippen LogP contribution < -0.4 is 4.72 Å². The van der Waals surface area contributed by atoms with Gasteiger partial charge in [0.15, 0.2) is 5.78 Å². The lowest BCUT2D eigenvalue weighted by Crippen LogP contribution is -2.12. The van der Waals surface area contributed by atoms with Crippen LogP contribution in [0.1, 0.15) is 21.5 Å². The molecule has 0 amide bonds. The fourth-order valence-electron chi connectivity index (χ4n) is 2.52. The molecule has 4 nitrogen and oxygen atoms in total. The van der Waals surface area contributed by atoms with Gasteiger partial charge in [0.2, 0.25) is 0 Å². The van der Waals surface area contributed by atoms with E-state index in [0.717, 1.165) is 16.0 Å². The highest BCUT2D eigenvalue weighted by atomic mass is 32.2. The number of hydrogen-bond acceptors (Lipinski definition) is 4. The Morgan fingerprint density at radius 1 is 0.821 bits per heavy atom. The fourth-order valence-corrected chi connectivity index (χ4v) is 4.37. The van der Waals surface area contributed by atoms with E-state index in [1.165, 1.54) is 11.8 Å². The molecular weight excluding hydrogens is 390 g/mol. The third-order valence-corrected chi connectivity index (χ3v) is 6.59. The maximum atomic E-state index is 12.4. The van der Waals surface area contributed by atoms with E-state index < -0.39 is 10.0 Å². The Morgan fingerprint density at radius 2 is 1.36 bits per heavy atom. The number of nitrogens with one attached hydrogen (secondary N) is 1. The minimum Gasteiger partial charge on any atom is -0.293 e. The molecular formula is C22H21NO3S2. The predicted octanol–water partition coefficient (Wildman–Crippen LogP) is 5.08. The highest BCUT2D eigenvalue weighted by Crippen LogP contribution is 2.23. The van der Waals surface area contributed by atoms with Gasteiger partial charge in [-0.15, -0.1) is 11.8 Å². The Kier molecular flexibility index (Phi) is 6.21. The molecule has 0 saturated heterocycles. The quantitative estimate of drug-likeness (QED) is 0.435. The van der Waals surface area contributed by atoms with Crippen LogP contribution in [0.15, 0.2) is 82.6 Å². The van der Waals surface area contributed by atoms with Crippen molar-refractivity contribution in [2.24, 2.45) is 0 Å². The van der Waals surface area contributed by atoms with E-state index in [4.69, 9.17) is 0 Å². The fraction of sp³-hybridized carbons (Fsp3) is 0.136. The molecule has 3 aromatic carbocycles. The van der Waals surface area contributed by atoms with Crippen LogP contribution in [0.5, 0.6) is 0 Å². The summed E-state index contributed by atoms with van der Waals surface area (Å²) in [6.07, 6.45) is 0. The minimum absolute atomic E-state index is 0.0640. The molecule has 0 saturated carbocycles. The van der Waals surface area contributed by atoms with Crippen molar-refractivity contribution in [1.29, 1.82) is 0 Å². The zero-order valence-electron chi connectivity index (χ0n) is 15.7. The summed E-state index contributed by atoms with van der Waals surface area (Å²) in [4.78, 5) is 13.4. The molecule has 144 valence electrons. The highest BCUT2D eigenvalue weighted by molar-refractivity contribution is 8.00. The largest absolute Gasteiger partial charge is 0.293 e. The first-order valence-corrected chi connectivity index (χ1v) is 11.2. The molecule has 6 heteroatoms. The maximum absolute atomic E-state index is 12.4. The van der Waals surface area contributed by atoms with Crippen LogP contribution in [0.4, 0.5) is 5.69 Å². The van der Waals surface area contributed by atoms with Crippen LogP contribution in [0.3, 0.4) is 0 Å². The van der Waals surface area contributed by atoms with E-state index in [-0.39, 0.29) is 10.7 Å². The van der Waals surface area contributed by atoms with Crippen molar-refractivity contribution < 1.29 is 13.2 Å². The molecule has 3 rings (SSSR count). The van der Waals surface area contributed by atoms with E-state index in [2.05, 4.69) is 4.72 Å². The molecule has 0 fully saturated rings. The van der Waals surface area contributed by atoms with Crippen molar-refractivity contribution in [3.8, 4) is 0 Å². The number of hydrogen-bond donors (Lipinski definition) is 1. The lowest BCUT2D eigenvalue weighted by molar-refractivity contribution is 0.102. The third kappa shape index (κ3) is 5.24. The number of anilines is 1. The van der Waals surface area contributed by atoms with Crippen LogP contribution in [0.25, 0.3) is 0 Å². The Morgan fingerprint density at radius 3 is 1.93 bits per heavy atom. The summed E-state index contributed by atoms with van der Waals surface area (Å²) in [5.41, 5.74) is 3.30. The average molecular weight is 412 g/mol. The van der Waals surface area contributed by atoms with Crippen LogP contribution in [0, 0.1) is 13.8 Å². The van der Waals surface area contributed by atoms with Crippen molar-refractivity contribution in [3.63, 3.8) is 0 Å². The second-order valence-electron chi connectivity index (χ2n) is 6.52. The lowest BCUT2D eigenvalue weighted by atomic mass is 10.1. The molecule has 0 spiro atoms. The van der Waals surface area contributed by atoms with E-state index in [9.17, 15) is 13.2 Å².